The van der Waals surface area contributed by atoms with E-state index in [0.29, 0.717) is 12.0 Å². The minimum Gasteiger partial charge on any atom is -0.347 e. The normalized spacial score (nSPS) is 23.7. The van der Waals surface area contributed by atoms with Crippen LogP contribution in [0.4, 0.5) is 10.8 Å². The number of anilines is 2. The number of aromatic nitrogens is 1. The van der Waals surface area contributed by atoms with Crippen molar-refractivity contribution in [1.29, 1.82) is 5.26 Å². The van der Waals surface area contributed by atoms with Gasteiger partial charge in [-0.05, 0) is 24.6 Å². The number of nitrogens with zero attached hydrogens (tertiary/aromatic N) is 4. The summed E-state index contributed by atoms with van der Waals surface area (Å²) in [6.07, 6.45) is 3.41. The molecule has 2 fully saturated rings. The monoisotopic (exact) mass is 324 g/mol. The first-order valence-electron chi connectivity index (χ1n) is 7.64. The zero-order valence-electron chi connectivity index (χ0n) is 12.6. The van der Waals surface area contributed by atoms with Crippen LogP contribution in [0.25, 0.3) is 0 Å². The van der Waals surface area contributed by atoms with Gasteiger partial charge in [0.25, 0.3) is 0 Å². The lowest BCUT2D eigenvalue weighted by Gasteiger charge is -2.24. The quantitative estimate of drug-likeness (QED) is 0.852. The Morgan fingerprint density at radius 2 is 2.26 bits per heavy atom. The number of thiazole rings is 1. The van der Waals surface area contributed by atoms with Crippen molar-refractivity contribution in [2.24, 2.45) is 5.41 Å². The molecule has 0 radical (unpaired) electrons. The van der Waals surface area contributed by atoms with Crippen molar-refractivity contribution < 1.29 is 4.79 Å². The lowest BCUT2D eigenvalue weighted by atomic mass is 9.86. The lowest BCUT2D eigenvalue weighted by Crippen LogP contribution is -2.31. The molecule has 1 aromatic heterocycles. The standard InChI is InChI=1S/C17H16N4OS/c18-10-13-2-1-3-14(8-13)21-12-17(9-15(21)22)4-6-20(11-17)16-19-5-7-23-16/h1-3,5,7-8H,4,6,9,11-12H2. The smallest absolute Gasteiger partial charge is 0.227 e. The minimum atomic E-state index is 0.00536. The van der Waals surface area contributed by atoms with Crippen LogP contribution >= 0.6 is 11.3 Å². The van der Waals surface area contributed by atoms with Gasteiger partial charge in [0.2, 0.25) is 5.91 Å². The lowest BCUT2D eigenvalue weighted by molar-refractivity contribution is -0.117. The van der Waals surface area contributed by atoms with E-state index >= 15 is 0 Å². The Balaban J connectivity index is 1.56. The third kappa shape index (κ3) is 2.47. The van der Waals surface area contributed by atoms with Crippen LogP contribution in [0.2, 0.25) is 0 Å². The molecule has 116 valence electrons. The molecule has 23 heavy (non-hydrogen) atoms. The molecule has 1 spiro atoms. The summed E-state index contributed by atoms with van der Waals surface area (Å²) in [5.41, 5.74) is 1.43. The molecule has 2 aliphatic rings. The molecule has 3 heterocycles. The van der Waals surface area contributed by atoms with Crippen molar-refractivity contribution in [1.82, 2.24) is 4.98 Å². The topological polar surface area (TPSA) is 60.2 Å². The molecule has 2 saturated heterocycles. The number of hydrogen-bond donors (Lipinski definition) is 0. The molecular weight excluding hydrogens is 308 g/mol. The second-order valence-corrected chi connectivity index (χ2v) is 7.18. The summed E-state index contributed by atoms with van der Waals surface area (Å²) in [6.45, 7) is 2.55. The van der Waals surface area contributed by atoms with Crippen molar-refractivity contribution in [2.45, 2.75) is 12.8 Å². The van der Waals surface area contributed by atoms with E-state index in [4.69, 9.17) is 5.26 Å². The average molecular weight is 324 g/mol. The van der Waals surface area contributed by atoms with Gasteiger partial charge in [0, 0.05) is 48.7 Å². The molecule has 5 nitrogen and oxygen atoms in total. The summed E-state index contributed by atoms with van der Waals surface area (Å²) in [7, 11) is 0. The average Bonchev–Trinajstić information content (AvgIpc) is 3.28. The van der Waals surface area contributed by atoms with Crippen molar-refractivity contribution >= 4 is 28.1 Å². The van der Waals surface area contributed by atoms with Crippen LogP contribution in [0.1, 0.15) is 18.4 Å². The van der Waals surface area contributed by atoms with Gasteiger partial charge < -0.3 is 9.80 Å². The van der Waals surface area contributed by atoms with Crippen LogP contribution in [0, 0.1) is 16.7 Å². The first-order valence-corrected chi connectivity index (χ1v) is 8.52. The zero-order chi connectivity index (χ0) is 15.9. The number of carbonyl (C=O) groups excluding carboxylic acids is 1. The highest BCUT2D eigenvalue weighted by Crippen LogP contribution is 2.43. The number of carbonyl (C=O) groups is 1. The van der Waals surface area contributed by atoms with Gasteiger partial charge in [0.1, 0.15) is 0 Å². The fourth-order valence-corrected chi connectivity index (χ4v) is 4.29. The van der Waals surface area contributed by atoms with Gasteiger partial charge in [-0.1, -0.05) is 6.07 Å². The molecule has 1 aromatic carbocycles. The molecule has 6 heteroatoms. The molecule has 0 N–H and O–H groups in total. The molecule has 0 saturated carbocycles. The van der Waals surface area contributed by atoms with Gasteiger partial charge in [-0.15, -0.1) is 11.3 Å². The van der Waals surface area contributed by atoms with Crippen LogP contribution in [0.3, 0.4) is 0 Å². The molecule has 4 rings (SSSR count). The Bertz CT molecular complexity index is 782. The fraction of sp³-hybridized carbons (Fsp3) is 0.353. The van der Waals surface area contributed by atoms with E-state index < -0.39 is 0 Å². The van der Waals surface area contributed by atoms with E-state index in [1.807, 2.05) is 28.6 Å². The molecule has 2 aromatic rings. The third-order valence-electron chi connectivity index (χ3n) is 4.74. The van der Waals surface area contributed by atoms with Gasteiger partial charge in [0.15, 0.2) is 5.13 Å². The van der Waals surface area contributed by atoms with Crippen LogP contribution in [-0.2, 0) is 4.79 Å². The van der Waals surface area contributed by atoms with Crippen LogP contribution in [-0.4, -0.2) is 30.5 Å². The number of benzene rings is 1. The van der Waals surface area contributed by atoms with E-state index in [2.05, 4.69) is 16.0 Å². The van der Waals surface area contributed by atoms with E-state index in [0.717, 1.165) is 36.9 Å². The predicted octanol–water partition coefficient (Wildman–Crippen LogP) is 2.65. The molecule has 1 atom stereocenters. The third-order valence-corrected chi connectivity index (χ3v) is 5.57. The summed E-state index contributed by atoms with van der Waals surface area (Å²) in [4.78, 5) is 21.0. The van der Waals surface area contributed by atoms with Crippen molar-refractivity contribution in [3.63, 3.8) is 0 Å². The number of amides is 1. The Morgan fingerprint density at radius 1 is 1.35 bits per heavy atom. The highest BCUT2D eigenvalue weighted by Gasteiger charge is 2.48. The molecule has 2 aliphatic heterocycles. The maximum atomic E-state index is 12.5. The molecule has 0 aliphatic carbocycles. The second kappa shape index (κ2) is 5.36. The van der Waals surface area contributed by atoms with E-state index in [-0.39, 0.29) is 11.3 Å². The maximum Gasteiger partial charge on any atom is 0.227 e. The molecule has 0 bridgehead atoms. The minimum absolute atomic E-state index is 0.00536. The van der Waals surface area contributed by atoms with Crippen molar-refractivity contribution in [3.05, 3.63) is 41.4 Å². The van der Waals surface area contributed by atoms with Crippen molar-refractivity contribution in [3.8, 4) is 6.07 Å². The Hall–Kier alpha value is -2.39. The van der Waals surface area contributed by atoms with Gasteiger partial charge >= 0.3 is 0 Å². The van der Waals surface area contributed by atoms with Gasteiger partial charge in [0.05, 0.1) is 11.6 Å². The van der Waals surface area contributed by atoms with Crippen LogP contribution in [0.5, 0.6) is 0 Å². The number of hydrogen-bond acceptors (Lipinski definition) is 5. The Morgan fingerprint density at radius 3 is 3.04 bits per heavy atom. The first-order chi connectivity index (χ1) is 11.2. The Kier molecular flexibility index (Phi) is 3.31. The zero-order valence-corrected chi connectivity index (χ0v) is 13.4. The SMILES string of the molecule is N#Cc1cccc(N2CC3(CCN(c4nccs4)C3)CC2=O)c1. The number of rotatable bonds is 2. The molecular formula is C17H16N4OS. The van der Waals surface area contributed by atoms with Crippen molar-refractivity contribution in [2.75, 3.05) is 29.4 Å². The fourth-order valence-electron chi connectivity index (χ4n) is 3.62. The summed E-state index contributed by atoms with van der Waals surface area (Å²) < 4.78 is 0. The van der Waals surface area contributed by atoms with Gasteiger partial charge in [-0.3, -0.25) is 4.79 Å². The largest absolute Gasteiger partial charge is 0.347 e. The summed E-state index contributed by atoms with van der Waals surface area (Å²) in [5, 5.41) is 12.1. The van der Waals surface area contributed by atoms with E-state index in [1.54, 1.807) is 23.5 Å². The van der Waals surface area contributed by atoms with Crippen LogP contribution < -0.4 is 9.80 Å². The van der Waals surface area contributed by atoms with Crippen LogP contribution in [0.15, 0.2) is 35.8 Å². The number of nitriles is 1. The molecule has 1 amide bonds. The van der Waals surface area contributed by atoms with Gasteiger partial charge in [-0.25, -0.2) is 4.98 Å². The maximum absolute atomic E-state index is 12.5. The summed E-state index contributed by atoms with van der Waals surface area (Å²) >= 11 is 1.65. The molecule has 1 unspecified atom stereocenters. The summed E-state index contributed by atoms with van der Waals surface area (Å²) in [6, 6.07) is 9.44. The Labute approximate surface area is 138 Å². The highest BCUT2D eigenvalue weighted by atomic mass is 32.1. The van der Waals surface area contributed by atoms with E-state index in [9.17, 15) is 4.79 Å². The second-order valence-electron chi connectivity index (χ2n) is 6.31. The van der Waals surface area contributed by atoms with Gasteiger partial charge in [-0.2, -0.15) is 5.26 Å². The summed E-state index contributed by atoms with van der Waals surface area (Å²) in [5.74, 6) is 0.154. The predicted molar refractivity (Wildman–Crippen MR) is 89.5 cm³/mol. The highest BCUT2D eigenvalue weighted by molar-refractivity contribution is 7.13. The van der Waals surface area contributed by atoms with E-state index in [1.165, 1.54) is 0 Å². The first kappa shape index (κ1) is 14.2.